The highest BCUT2D eigenvalue weighted by atomic mass is 35.5. The van der Waals surface area contributed by atoms with E-state index in [2.05, 4.69) is 10.3 Å². The first-order valence-corrected chi connectivity index (χ1v) is 6.48. The monoisotopic (exact) mass is 283 g/mol. The number of nitro groups is 1. The van der Waals surface area contributed by atoms with Crippen LogP contribution in [0.4, 0.5) is 11.5 Å². The minimum Gasteiger partial charge on any atom is -0.305 e. The summed E-state index contributed by atoms with van der Waals surface area (Å²) in [6.45, 7) is 2.01. The van der Waals surface area contributed by atoms with E-state index in [0.717, 1.165) is 19.3 Å². The lowest BCUT2D eigenvalue weighted by molar-refractivity contribution is -0.384. The molecule has 1 amide bonds. The van der Waals surface area contributed by atoms with Gasteiger partial charge in [0.15, 0.2) is 0 Å². The van der Waals surface area contributed by atoms with Crippen molar-refractivity contribution in [1.29, 1.82) is 0 Å². The van der Waals surface area contributed by atoms with Crippen LogP contribution in [0.2, 0.25) is 5.15 Å². The average Bonchev–Trinajstić information content (AvgIpc) is 2.75. The number of nitrogens with zero attached hydrogens (tertiary/aromatic N) is 2. The third-order valence-electron chi connectivity index (χ3n) is 3.48. The molecule has 1 aliphatic carbocycles. The minimum atomic E-state index is -0.586. The average molecular weight is 284 g/mol. The van der Waals surface area contributed by atoms with Crippen molar-refractivity contribution < 1.29 is 9.72 Å². The highest BCUT2D eigenvalue weighted by Gasteiger charge is 2.31. The lowest BCUT2D eigenvalue weighted by atomic mass is 9.97. The lowest BCUT2D eigenvalue weighted by Gasteiger charge is -2.14. The number of rotatable bonds is 3. The van der Waals surface area contributed by atoms with Crippen LogP contribution in [0.25, 0.3) is 0 Å². The predicted molar refractivity (Wildman–Crippen MR) is 71.0 cm³/mol. The van der Waals surface area contributed by atoms with Crippen molar-refractivity contribution in [2.75, 3.05) is 5.32 Å². The Kier molecular flexibility index (Phi) is 3.99. The Morgan fingerprint density at radius 2 is 2.26 bits per heavy atom. The largest absolute Gasteiger partial charge is 0.311 e. The van der Waals surface area contributed by atoms with Crippen LogP contribution < -0.4 is 5.32 Å². The molecule has 2 atom stereocenters. The zero-order chi connectivity index (χ0) is 14.0. The third-order valence-corrected chi connectivity index (χ3v) is 3.69. The van der Waals surface area contributed by atoms with Gasteiger partial charge in [-0.2, -0.15) is 0 Å². The summed E-state index contributed by atoms with van der Waals surface area (Å²) in [6, 6.07) is 2.57. The van der Waals surface area contributed by atoms with Crippen LogP contribution in [0.15, 0.2) is 12.1 Å². The van der Waals surface area contributed by atoms with Crippen molar-refractivity contribution in [2.24, 2.45) is 11.8 Å². The Labute approximate surface area is 115 Å². The van der Waals surface area contributed by atoms with Gasteiger partial charge >= 0.3 is 5.69 Å². The molecule has 0 radical (unpaired) electrons. The molecule has 1 heterocycles. The summed E-state index contributed by atoms with van der Waals surface area (Å²) in [4.78, 5) is 26.2. The zero-order valence-electron chi connectivity index (χ0n) is 10.4. The zero-order valence-corrected chi connectivity index (χ0v) is 11.2. The Morgan fingerprint density at radius 1 is 1.53 bits per heavy atom. The van der Waals surface area contributed by atoms with E-state index in [9.17, 15) is 14.9 Å². The minimum absolute atomic E-state index is 0.0819. The van der Waals surface area contributed by atoms with Gasteiger partial charge in [0.05, 0.1) is 4.92 Å². The predicted octanol–water partition coefficient (Wildman–Crippen LogP) is 3.02. The van der Waals surface area contributed by atoms with Crippen molar-refractivity contribution in [1.82, 2.24) is 4.98 Å². The van der Waals surface area contributed by atoms with E-state index in [0.29, 0.717) is 5.92 Å². The molecule has 6 nitrogen and oxygen atoms in total. The van der Waals surface area contributed by atoms with Crippen LogP contribution >= 0.6 is 11.6 Å². The maximum Gasteiger partial charge on any atom is 0.311 e. The second-order valence-corrected chi connectivity index (χ2v) is 5.15. The fraction of sp³-hybridized carbons (Fsp3) is 0.500. The molecule has 102 valence electrons. The Balaban J connectivity index is 2.20. The quantitative estimate of drug-likeness (QED) is 0.525. The van der Waals surface area contributed by atoms with E-state index < -0.39 is 4.92 Å². The smallest absolute Gasteiger partial charge is 0.305 e. The summed E-state index contributed by atoms with van der Waals surface area (Å²) in [5, 5.41) is 13.5. The van der Waals surface area contributed by atoms with Gasteiger partial charge in [0.25, 0.3) is 0 Å². The third kappa shape index (κ3) is 3.01. The number of hydrogen-bond donors (Lipinski definition) is 1. The van der Waals surface area contributed by atoms with Gasteiger partial charge in [0.2, 0.25) is 11.7 Å². The molecule has 0 aliphatic heterocycles. The van der Waals surface area contributed by atoms with Crippen LogP contribution in [0.1, 0.15) is 26.2 Å². The van der Waals surface area contributed by atoms with Gasteiger partial charge in [-0.3, -0.25) is 14.9 Å². The number of anilines is 1. The van der Waals surface area contributed by atoms with E-state index in [-0.39, 0.29) is 28.5 Å². The molecular weight excluding hydrogens is 270 g/mol. The summed E-state index contributed by atoms with van der Waals surface area (Å²) in [5.41, 5.74) is -0.247. The van der Waals surface area contributed by atoms with Gasteiger partial charge in [-0.1, -0.05) is 24.9 Å². The molecule has 0 bridgehead atoms. The fourth-order valence-electron chi connectivity index (χ4n) is 2.41. The number of hydrogen-bond acceptors (Lipinski definition) is 4. The molecule has 1 saturated carbocycles. The van der Waals surface area contributed by atoms with E-state index >= 15 is 0 Å². The molecule has 0 aromatic carbocycles. The molecule has 1 aromatic heterocycles. The molecule has 1 N–H and O–H groups in total. The molecule has 0 spiro atoms. The van der Waals surface area contributed by atoms with Crippen LogP contribution in [-0.2, 0) is 4.79 Å². The maximum atomic E-state index is 12.1. The normalized spacial score (nSPS) is 22.2. The molecule has 1 fully saturated rings. The van der Waals surface area contributed by atoms with Crippen molar-refractivity contribution in [3.63, 3.8) is 0 Å². The van der Waals surface area contributed by atoms with Crippen molar-refractivity contribution in [3.8, 4) is 0 Å². The molecular formula is C12H14ClN3O3. The first kappa shape index (κ1) is 13.7. The summed E-state index contributed by atoms with van der Waals surface area (Å²) < 4.78 is 0. The molecule has 7 heteroatoms. The highest BCUT2D eigenvalue weighted by Crippen LogP contribution is 2.33. The summed E-state index contributed by atoms with van der Waals surface area (Å²) in [5.74, 6) is -0.122. The van der Waals surface area contributed by atoms with Crippen molar-refractivity contribution >= 4 is 29.0 Å². The second kappa shape index (κ2) is 5.52. The van der Waals surface area contributed by atoms with Gasteiger partial charge in [-0.25, -0.2) is 4.98 Å². The Hall–Kier alpha value is -1.69. The van der Waals surface area contributed by atoms with E-state index in [4.69, 9.17) is 11.6 Å². The number of amides is 1. The Morgan fingerprint density at radius 3 is 2.84 bits per heavy atom. The van der Waals surface area contributed by atoms with E-state index in [1.807, 2.05) is 6.92 Å². The SMILES string of the molecule is CC1CCCC1C(=O)Nc1nc(Cl)ccc1[N+](=O)[O-]. The van der Waals surface area contributed by atoms with Gasteiger partial charge in [0.1, 0.15) is 5.15 Å². The van der Waals surface area contributed by atoms with Crippen LogP contribution in [-0.4, -0.2) is 15.8 Å². The van der Waals surface area contributed by atoms with Crippen molar-refractivity contribution in [2.45, 2.75) is 26.2 Å². The molecule has 19 heavy (non-hydrogen) atoms. The molecule has 2 rings (SSSR count). The van der Waals surface area contributed by atoms with Crippen LogP contribution in [0, 0.1) is 22.0 Å². The number of halogens is 1. The van der Waals surface area contributed by atoms with E-state index in [1.54, 1.807) is 0 Å². The van der Waals surface area contributed by atoms with Gasteiger partial charge in [0, 0.05) is 12.0 Å². The molecule has 1 aromatic rings. The molecule has 1 aliphatic rings. The number of carbonyl (C=O) groups excluding carboxylic acids is 1. The van der Waals surface area contributed by atoms with Gasteiger partial charge in [-0.05, 0) is 24.8 Å². The lowest BCUT2D eigenvalue weighted by Crippen LogP contribution is -2.25. The Bertz CT molecular complexity index is 521. The molecule has 0 saturated heterocycles. The van der Waals surface area contributed by atoms with Crippen LogP contribution in [0.3, 0.4) is 0 Å². The molecule has 2 unspecified atom stereocenters. The number of nitrogens with one attached hydrogen (secondary N) is 1. The summed E-state index contributed by atoms with van der Waals surface area (Å²) in [7, 11) is 0. The topological polar surface area (TPSA) is 85.1 Å². The van der Waals surface area contributed by atoms with E-state index in [1.165, 1.54) is 12.1 Å². The first-order valence-electron chi connectivity index (χ1n) is 6.11. The fourth-order valence-corrected chi connectivity index (χ4v) is 2.56. The highest BCUT2D eigenvalue weighted by molar-refractivity contribution is 6.29. The van der Waals surface area contributed by atoms with Gasteiger partial charge < -0.3 is 5.32 Å². The number of aromatic nitrogens is 1. The number of carbonyl (C=O) groups is 1. The summed E-state index contributed by atoms with van der Waals surface area (Å²) in [6.07, 6.45) is 2.81. The number of pyridine rings is 1. The van der Waals surface area contributed by atoms with Gasteiger partial charge in [-0.15, -0.1) is 0 Å². The van der Waals surface area contributed by atoms with Crippen molar-refractivity contribution in [3.05, 3.63) is 27.4 Å². The second-order valence-electron chi connectivity index (χ2n) is 4.76. The maximum absolute atomic E-state index is 12.1. The van der Waals surface area contributed by atoms with Crippen LogP contribution in [0.5, 0.6) is 0 Å². The summed E-state index contributed by atoms with van der Waals surface area (Å²) >= 11 is 5.71. The first-order chi connectivity index (χ1) is 8.99. The standard InChI is InChI=1S/C12H14ClN3O3/c1-7-3-2-4-8(7)12(17)15-11-9(16(18)19)5-6-10(13)14-11/h5-8H,2-4H2,1H3,(H,14,15,17).